The van der Waals surface area contributed by atoms with Gasteiger partial charge in [-0.2, -0.15) is 0 Å². The maximum absolute atomic E-state index is 13.2. The lowest BCUT2D eigenvalue weighted by atomic mass is 9.97. The Hall–Kier alpha value is -2.99. The Balaban J connectivity index is 1.61. The second-order valence-corrected chi connectivity index (χ2v) is 8.24. The van der Waals surface area contributed by atoms with E-state index in [-0.39, 0.29) is 11.5 Å². The molecule has 1 aliphatic carbocycles. The third kappa shape index (κ3) is 2.64. The summed E-state index contributed by atoms with van der Waals surface area (Å²) >= 11 is 1.62. The van der Waals surface area contributed by atoms with Gasteiger partial charge in [-0.1, -0.05) is 36.4 Å². The minimum absolute atomic E-state index is 0.185. The zero-order valence-corrected chi connectivity index (χ0v) is 16.3. The van der Waals surface area contributed by atoms with Crippen LogP contribution in [0.15, 0.2) is 47.3 Å². The van der Waals surface area contributed by atoms with E-state index in [0.717, 1.165) is 46.8 Å². The van der Waals surface area contributed by atoms with Crippen molar-refractivity contribution in [2.45, 2.75) is 32.6 Å². The van der Waals surface area contributed by atoms with Crippen molar-refractivity contribution in [3.8, 4) is 0 Å². The number of nitrogens with zero attached hydrogens (tertiary/aromatic N) is 2. The predicted octanol–water partition coefficient (Wildman–Crippen LogP) is 4.18. The summed E-state index contributed by atoms with van der Waals surface area (Å²) in [6.45, 7) is 1.75. The average Bonchev–Trinajstić information content (AvgIpc) is 3.08. The number of rotatable bonds is 2. The standard InChI is InChI=1S/C22H19N3O2S/c1-13-23-21-19(17-10-4-5-12-18(17)28-21)22(27)25(13)24-20(26)16-11-6-8-14-7-2-3-9-15(14)16/h2-3,6-9,11H,4-5,10,12H2,1H3,(H,24,26). The summed E-state index contributed by atoms with van der Waals surface area (Å²) in [5, 5.41) is 2.51. The zero-order chi connectivity index (χ0) is 19.3. The number of hydrogen-bond acceptors (Lipinski definition) is 4. The van der Waals surface area contributed by atoms with Gasteiger partial charge in [-0.3, -0.25) is 15.0 Å². The maximum atomic E-state index is 13.2. The summed E-state index contributed by atoms with van der Waals surface area (Å²) in [6.07, 6.45) is 4.17. The lowest BCUT2D eigenvalue weighted by Gasteiger charge is -2.13. The molecule has 5 nitrogen and oxygen atoms in total. The molecule has 0 spiro atoms. The van der Waals surface area contributed by atoms with Crippen LogP contribution in [0.4, 0.5) is 0 Å². The van der Waals surface area contributed by atoms with Crippen molar-refractivity contribution in [1.29, 1.82) is 0 Å². The highest BCUT2D eigenvalue weighted by Gasteiger charge is 2.22. The van der Waals surface area contributed by atoms with E-state index >= 15 is 0 Å². The van der Waals surface area contributed by atoms with E-state index in [2.05, 4.69) is 10.4 Å². The summed E-state index contributed by atoms with van der Waals surface area (Å²) in [5.41, 5.74) is 4.26. The van der Waals surface area contributed by atoms with Crippen molar-refractivity contribution in [3.05, 3.63) is 74.6 Å². The van der Waals surface area contributed by atoms with Crippen molar-refractivity contribution in [2.24, 2.45) is 0 Å². The molecule has 140 valence electrons. The summed E-state index contributed by atoms with van der Waals surface area (Å²) in [6, 6.07) is 13.3. The Morgan fingerprint density at radius 2 is 1.89 bits per heavy atom. The molecule has 0 saturated carbocycles. The Labute approximate surface area is 165 Å². The topological polar surface area (TPSA) is 64.0 Å². The van der Waals surface area contributed by atoms with Gasteiger partial charge in [0.25, 0.3) is 11.5 Å². The van der Waals surface area contributed by atoms with Crippen LogP contribution in [0.25, 0.3) is 21.0 Å². The van der Waals surface area contributed by atoms with E-state index in [1.165, 1.54) is 9.55 Å². The number of amides is 1. The summed E-state index contributed by atoms with van der Waals surface area (Å²) in [7, 11) is 0. The number of nitrogens with one attached hydrogen (secondary N) is 1. The molecule has 28 heavy (non-hydrogen) atoms. The van der Waals surface area contributed by atoms with Crippen LogP contribution < -0.4 is 11.0 Å². The third-order valence-electron chi connectivity index (χ3n) is 5.40. The predicted molar refractivity (Wildman–Crippen MR) is 113 cm³/mol. The van der Waals surface area contributed by atoms with E-state index in [0.29, 0.717) is 16.8 Å². The van der Waals surface area contributed by atoms with Crippen LogP contribution in [0.5, 0.6) is 0 Å². The molecule has 2 heterocycles. The van der Waals surface area contributed by atoms with Crippen LogP contribution in [0, 0.1) is 6.92 Å². The van der Waals surface area contributed by atoms with Crippen molar-refractivity contribution < 1.29 is 4.79 Å². The molecule has 0 atom stereocenters. The minimum atomic E-state index is -0.313. The largest absolute Gasteiger partial charge is 0.281 e. The molecular weight excluding hydrogens is 370 g/mol. The average molecular weight is 389 g/mol. The highest BCUT2D eigenvalue weighted by molar-refractivity contribution is 7.18. The minimum Gasteiger partial charge on any atom is -0.267 e. The van der Waals surface area contributed by atoms with E-state index in [1.807, 2.05) is 36.4 Å². The van der Waals surface area contributed by atoms with Crippen LogP contribution in [0.3, 0.4) is 0 Å². The smallest absolute Gasteiger partial charge is 0.267 e. The van der Waals surface area contributed by atoms with Crippen LogP contribution in [0.1, 0.15) is 39.5 Å². The second-order valence-electron chi connectivity index (χ2n) is 7.16. The quantitative estimate of drug-likeness (QED) is 0.559. The molecule has 1 aliphatic rings. The number of hydrogen-bond donors (Lipinski definition) is 1. The van der Waals surface area contributed by atoms with E-state index < -0.39 is 0 Å². The lowest BCUT2D eigenvalue weighted by molar-refractivity contribution is 0.101. The fourth-order valence-electron chi connectivity index (χ4n) is 4.02. The fraction of sp³-hybridized carbons (Fsp3) is 0.227. The molecule has 4 aromatic rings. The molecule has 1 N–H and O–H groups in total. The van der Waals surface area contributed by atoms with E-state index in [9.17, 15) is 9.59 Å². The van der Waals surface area contributed by atoms with E-state index in [4.69, 9.17) is 0 Å². The van der Waals surface area contributed by atoms with Gasteiger partial charge in [-0.15, -0.1) is 11.3 Å². The summed E-state index contributed by atoms with van der Waals surface area (Å²) < 4.78 is 1.30. The fourth-order valence-corrected chi connectivity index (χ4v) is 5.32. The molecular formula is C22H19N3O2S. The maximum Gasteiger partial charge on any atom is 0.281 e. The van der Waals surface area contributed by atoms with Gasteiger partial charge < -0.3 is 0 Å². The number of aromatic nitrogens is 2. The second kappa shape index (κ2) is 6.56. The van der Waals surface area contributed by atoms with Crippen molar-refractivity contribution in [2.75, 3.05) is 5.43 Å². The SMILES string of the molecule is Cc1nc2sc3c(c2c(=O)n1NC(=O)c1cccc2ccccc12)CCCC3. The molecule has 0 fully saturated rings. The number of carbonyl (C=O) groups is 1. The lowest BCUT2D eigenvalue weighted by Crippen LogP contribution is -2.35. The van der Waals surface area contributed by atoms with Crippen LogP contribution in [-0.2, 0) is 12.8 Å². The van der Waals surface area contributed by atoms with Crippen LogP contribution >= 0.6 is 11.3 Å². The first-order chi connectivity index (χ1) is 13.6. The van der Waals surface area contributed by atoms with E-state index in [1.54, 1.807) is 24.3 Å². The van der Waals surface area contributed by atoms with Gasteiger partial charge >= 0.3 is 0 Å². The van der Waals surface area contributed by atoms with Gasteiger partial charge in [0.15, 0.2) is 0 Å². The van der Waals surface area contributed by atoms with Gasteiger partial charge in [-0.05, 0) is 55.0 Å². The number of benzene rings is 2. The Morgan fingerprint density at radius 3 is 2.79 bits per heavy atom. The highest BCUT2D eigenvalue weighted by Crippen LogP contribution is 2.33. The van der Waals surface area contributed by atoms with Gasteiger partial charge in [0.05, 0.1) is 5.39 Å². The molecule has 2 aromatic heterocycles. The third-order valence-corrected chi connectivity index (χ3v) is 6.59. The molecule has 2 aromatic carbocycles. The van der Waals surface area contributed by atoms with Crippen molar-refractivity contribution in [3.63, 3.8) is 0 Å². The van der Waals surface area contributed by atoms with Gasteiger partial charge in [0, 0.05) is 10.4 Å². The Kier molecular flexibility index (Phi) is 4.02. The monoisotopic (exact) mass is 389 g/mol. The van der Waals surface area contributed by atoms with Crippen molar-refractivity contribution >= 4 is 38.2 Å². The Bertz CT molecular complexity index is 1300. The van der Waals surface area contributed by atoms with Gasteiger partial charge in [-0.25, -0.2) is 9.66 Å². The van der Waals surface area contributed by atoms with Crippen molar-refractivity contribution in [1.82, 2.24) is 9.66 Å². The van der Waals surface area contributed by atoms with Crippen LogP contribution in [0.2, 0.25) is 0 Å². The Morgan fingerprint density at radius 1 is 1.11 bits per heavy atom. The molecule has 0 bridgehead atoms. The molecule has 0 aliphatic heterocycles. The number of thiophene rings is 1. The summed E-state index contributed by atoms with van der Waals surface area (Å²) in [4.78, 5) is 32.9. The van der Waals surface area contributed by atoms with Crippen LogP contribution in [-0.4, -0.2) is 15.6 Å². The highest BCUT2D eigenvalue weighted by atomic mass is 32.1. The van der Waals surface area contributed by atoms with Gasteiger partial charge in [0.1, 0.15) is 10.7 Å². The molecule has 5 rings (SSSR count). The first-order valence-corrected chi connectivity index (χ1v) is 10.3. The zero-order valence-electron chi connectivity index (χ0n) is 15.5. The van der Waals surface area contributed by atoms with Gasteiger partial charge in [0.2, 0.25) is 0 Å². The number of aryl methyl sites for hydroxylation is 3. The molecule has 0 unspecified atom stereocenters. The number of fused-ring (bicyclic) bond motifs is 4. The first-order valence-electron chi connectivity index (χ1n) is 9.46. The first kappa shape index (κ1) is 17.1. The summed E-state index contributed by atoms with van der Waals surface area (Å²) in [5.74, 6) is 0.178. The molecule has 6 heteroatoms. The molecule has 0 radical (unpaired) electrons. The normalized spacial score (nSPS) is 13.6. The molecule has 1 amide bonds. The number of carbonyl (C=O) groups excluding carboxylic acids is 1. The molecule has 0 saturated heterocycles.